The van der Waals surface area contributed by atoms with Crippen molar-refractivity contribution in [2.75, 3.05) is 0 Å². The van der Waals surface area contributed by atoms with E-state index in [1.165, 1.54) is 27.8 Å². The van der Waals surface area contributed by atoms with Gasteiger partial charge in [0.15, 0.2) is 5.84 Å². The van der Waals surface area contributed by atoms with Crippen LogP contribution < -0.4 is 5.32 Å². The van der Waals surface area contributed by atoms with Gasteiger partial charge in [0.25, 0.3) is 0 Å². The first-order chi connectivity index (χ1) is 30.2. The molecule has 0 radical (unpaired) electrons. The summed E-state index contributed by atoms with van der Waals surface area (Å²) >= 11 is 0. The molecule has 4 heteroatoms. The first kappa shape index (κ1) is 36.0. The number of furan rings is 1. The topological polar surface area (TPSA) is 49.9 Å². The average molecular weight is 782 g/mol. The molecular formula is C57H39N3O. The Kier molecular flexibility index (Phi) is 9.21. The van der Waals surface area contributed by atoms with Crippen molar-refractivity contribution < 1.29 is 4.42 Å². The van der Waals surface area contributed by atoms with Gasteiger partial charge in [-0.25, -0.2) is 9.98 Å². The van der Waals surface area contributed by atoms with Crippen molar-refractivity contribution in [3.8, 4) is 55.6 Å². The van der Waals surface area contributed by atoms with E-state index in [0.717, 1.165) is 72.3 Å². The fourth-order valence-corrected chi connectivity index (χ4v) is 8.51. The predicted octanol–water partition coefficient (Wildman–Crippen LogP) is 14.4. The summed E-state index contributed by atoms with van der Waals surface area (Å²) in [5.41, 5.74) is 16.1. The van der Waals surface area contributed by atoms with Gasteiger partial charge in [-0.05, 0) is 61.7 Å². The monoisotopic (exact) mass is 781 g/mol. The number of hydrogen-bond donors (Lipinski definition) is 1. The molecule has 11 rings (SSSR count). The normalized spacial score (nSPS) is 13.7. The van der Waals surface area contributed by atoms with E-state index in [0.29, 0.717) is 5.84 Å². The van der Waals surface area contributed by atoms with Crippen LogP contribution in [0.4, 0.5) is 0 Å². The van der Waals surface area contributed by atoms with Gasteiger partial charge in [-0.2, -0.15) is 0 Å². The summed E-state index contributed by atoms with van der Waals surface area (Å²) in [5, 5.41) is 5.89. The van der Waals surface area contributed by atoms with Gasteiger partial charge >= 0.3 is 0 Å². The third-order valence-corrected chi connectivity index (χ3v) is 11.6. The third-order valence-electron chi connectivity index (χ3n) is 11.6. The minimum Gasteiger partial charge on any atom is -0.455 e. The first-order valence-electron chi connectivity index (χ1n) is 20.7. The Balaban J connectivity index is 0.956. The average Bonchev–Trinajstić information content (AvgIpc) is 3.74. The van der Waals surface area contributed by atoms with Crippen molar-refractivity contribution >= 4 is 33.6 Å². The van der Waals surface area contributed by atoms with Crippen LogP contribution in [0, 0.1) is 0 Å². The first-order valence-corrected chi connectivity index (χ1v) is 20.7. The lowest BCUT2D eigenvalue weighted by atomic mass is 9.93. The van der Waals surface area contributed by atoms with E-state index in [-0.39, 0.29) is 6.17 Å². The zero-order valence-electron chi connectivity index (χ0n) is 33.2. The highest BCUT2D eigenvalue weighted by atomic mass is 16.3. The summed E-state index contributed by atoms with van der Waals surface area (Å²) in [4.78, 5) is 10.4. The maximum Gasteiger partial charge on any atom is 0.159 e. The second-order valence-electron chi connectivity index (χ2n) is 15.3. The number of aliphatic imine (C=N–C) groups is 2. The van der Waals surface area contributed by atoms with Crippen LogP contribution in [0.1, 0.15) is 22.9 Å². The molecular weight excluding hydrogens is 743 g/mol. The molecule has 0 aliphatic carbocycles. The molecule has 1 aliphatic heterocycles. The molecule has 0 saturated heterocycles. The van der Waals surface area contributed by atoms with Gasteiger partial charge in [0.2, 0.25) is 0 Å². The van der Waals surface area contributed by atoms with Crippen LogP contribution in [0.15, 0.2) is 239 Å². The number of hydrogen-bond acceptors (Lipinski definition) is 4. The van der Waals surface area contributed by atoms with Gasteiger partial charge in [-0.15, -0.1) is 0 Å². The molecule has 0 saturated carbocycles. The lowest BCUT2D eigenvalue weighted by molar-refractivity contribution is 0.670. The Morgan fingerprint density at radius 2 is 0.820 bits per heavy atom. The van der Waals surface area contributed by atoms with E-state index in [1.54, 1.807) is 0 Å². The van der Waals surface area contributed by atoms with E-state index in [9.17, 15) is 0 Å². The molecule has 9 aromatic carbocycles. The summed E-state index contributed by atoms with van der Waals surface area (Å²) in [6.45, 7) is 0. The molecule has 1 aliphatic rings. The molecule has 2 heterocycles. The number of para-hydroxylation sites is 1. The fraction of sp³-hybridized carbons (Fsp3) is 0.0175. The molecule has 1 atom stereocenters. The molecule has 1 N–H and O–H groups in total. The Morgan fingerprint density at radius 3 is 1.43 bits per heavy atom. The molecule has 10 aromatic rings. The van der Waals surface area contributed by atoms with Crippen molar-refractivity contribution in [1.29, 1.82) is 0 Å². The largest absolute Gasteiger partial charge is 0.455 e. The second kappa shape index (κ2) is 15.6. The summed E-state index contributed by atoms with van der Waals surface area (Å²) in [6.07, 6.45) is -0.355. The summed E-state index contributed by atoms with van der Waals surface area (Å²) in [7, 11) is 0. The number of nitrogens with zero attached hydrogens (tertiary/aromatic N) is 2. The van der Waals surface area contributed by atoms with E-state index in [1.807, 2.05) is 30.3 Å². The molecule has 1 aromatic heterocycles. The van der Waals surface area contributed by atoms with Crippen LogP contribution in [0.3, 0.4) is 0 Å². The number of rotatable bonds is 8. The van der Waals surface area contributed by atoms with E-state index >= 15 is 0 Å². The summed E-state index contributed by atoms with van der Waals surface area (Å²) in [6, 6.07) is 78.7. The van der Waals surface area contributed by atoms with Crippen molar-refractivity contribution in [2.24, 2.45) is 9.98 Å². The van der Waals surface area contributed by atoms with Gasteiger partial charge in [0.1, 0.15) is 23.2 Å². The van der Waals surface area contributed by atoms with E-state index in [4.69, 9.17) is 14.4 Å². The number of fused-ring (bicyclic) bond motifs is 3. The van der Waals surface area contributed by atoms with Crippen molar-refractivity contribution in [2.45, 2.75) is 6.17 Å². The zero-order valence-corrected chi connectivity index (χ0v) is 33.2. The lowest BCUT2D eigenvalue weighted by Gasteiger charge is -2.25. The lowest BCUT2D eigenvalue weighted by Crippen LogP contribution is -2.34. The van der Waals surface area contributed by atoms with Gasteiger partial charge in [-0.1, -0.05) is 218 Å². The standard InChI is InChI=1S/C57H39N3O/c1-4-14-38(15-5-1)40-26-28-42(29-27-40)43-32-36-46(37-33-43)56-58-55(45-18-8-3-9-19-45)59-57(60-56)50-21-11-10-20-48(50)49-23-13-25-52-53(49)51-24-12-22-47(54(51)61-52)44-34-30-41(31-35-44)39-16-6-2-7-17-39/h1-37,56H,(H,58,59,60). The number of benzene rings is 9. The highest BCUT2D eigenvalue weighted by molar-refractivity contribution is 6.19. The molecule has 61 heavy (non-hydrogen) atoms. The minimum absolute atomic E-state index is 0.355. The Labute approximate surface area is 354 Å². The Bertz CT molecular complexity index is 3220. The zero-order chi connectivity index (χ0) is 40.5. The van der Waals surface area contributed by atoms with Crippen LogP contribution in [0.5, 0.6) is 0 Å². The van der Waals surface area contributed by atoms with Gasteiger partial charge in [0, 0.05) is 27.5 Å². The quantitative estimate of drug-likeness (QED) is 0.167. The predicted molar refractivity (Wildman–Crippen MR) is 253 cm³/mol. The fourth-order valence-electron chi connectivity index (χ4n) is 8.51. The van der Waals surface area contributed by atoms with Crippen LogP contribution in [-0.4, -0.2) is 11.7 Å². The number of amidine groups is 2. The van der Waals surface area contributed by atoms with Gasteiger partial charge in [0.05, 0.1) is 0 Å². The molecule has 288 valence electrons. The molecule has 1 unspecified atom stereocenters. The molecule has 0 amide bonds. The smallest absolute Gasteiger partial charge is 0.159 e. The molecule has 0 fully saturated rings. The van der Waals surface area contributed by atoms with Gasteiger partial charge < -0.3 is 9.73 Å². The minimum atomic E-state index is -0.355. The van der Waals surface area contributed by atoms with Crippen molar-refractivity contribution in [3.05, 3.63) is 241 Å². The SMILES string of the molecule is c1ccc(C2=NC(c3ccc(-c4ccc(-c5ccccc5)cc4)cc3)NC(c3ccccc3-c3cccc4oc5c(-c6ccc(-c7ccccc7)cc6)cccc5c34)=N2)cc1. The van der Waals surface area contributed by atoms with Crippen LogP contribution in [0.2, 0.25) is 0 Å². The van der Waals surface area contributed by atoms with E-state index in [2.05, 4.69) is 199 Å². The van der Waals surface area contributed by atoms with Crippen LogP contribution in [0.25, 0.3) is 77.6 Å². The molecule has 4 nitrogen and oxygen atoms in total. The third kappa shape index (κ3) is 6.90. The van der Waals surface area contributed by atoms with Crippen LogP contribution in [-0.2, 0) is 0 Å². The maximum absolute atomic E-state index is 6.75. The Hall–Kier alpha value is -8.08. The van der Waals surface area contributed by atoms with Crippen LogP contribution >= 0.6 is 0 Å². The molecule has 0 bridgehead atoms. The number of nitrogens with one attached hydrogen (secondary N) is 1. The Morgan fingerprint density at radius 1 is 0.361 bits per heavy atom. The van der Waals surface area contributed by atoms with Gasteiger partial charge in [-0.3, -0.25) is 0 Å². The van der Waals surface area contributed by atoms with E-state index < -0.39 is 0 Å². The summed E-state index contributed by atoms with van der Waals surface area (Å²) < 4.78 is 6.75. The maximum atomic E-state index is 6.75. The second-order valence-corrected chi connectivity index (χ2v) is 15.3. The summed E-state index contributed by atoms with van der Waals surface area (Å²) in [5.74, 6) is 1.45. The highest BCUT2D eigenvalue weighted by Crippen LogP contribution is 2.42. The van der Waals surface area contributed by atoms with Crippen molar-refractivity contribution in [1.82, 2.24) is 5.32 Å². The highest BCUT2D eigenvalue weighted by Gasteiger charge is 2.24. The van der Waals surface area contributed by atoms with Crippen molar-refractivity contribution in [3.63, 3.8) is 0 Å². The molecule has 0 spiro atoms.